The lowest BCUT2D eigenvalue weighted by molar-refractivity contribution is 0.284. The summed E-state index contributed by atoms with van der Waals surface area (Å²) in [7, 11) is 0. The van der Waals surface area contributed by atoms with E-state index >= 15 is 0 Å². The molecule has 0 amide bonds. The minimum absolute atomic E-state index is 0.355. The van der Waals surface area contributed by atoms with Gasteiger partial charge in [0.05, 0.1) is 0 Å². The number of rotatable bonds is 3. The predicted octanol–water partition coefficient (Wildman–Crippen LogP) is 4.90. The van der Waals surface area contributed by atoms with E-state index in [1.807, 2.05) is 0 Å². The van der Waals surface area contributed by atoms with Gasteiger partial charge in [0, 0.05) is 6.61 Å². The van der Waals surface area contributed by atoms with Crippen LogP contribution in [-0.4, -0.2) is 11.7 Å². The van der Waals surface area contributed by atoms with Crippen LogP contribution in [0.4, 0.5) is 0 Å². The minimum Gasteiger partial charge on any atom is -0.396 e. The summed E-state index contributed by atoms with van der Waals surface area (Å²) in [6, 6.07) is 0. The summed E-state index contributed by atoms with van der Waals surface area (Å²) < 4.78 is 0. The van der Waals surface area contributed by atoms with E-state index in [0.29, 0.717) is 12.0 Å². The molecule has 2 aliphatic rings. The molecule has 0 heterocycles. The summed E-state index contributed by atoms with van der Waals surface area (Å²) in [5.74, 6) is 0.958. The Bertz CT molecular complexity index is 221. The first-order chi connectivity index (χ1) is 8.11. The Kier molecular flexibility index (Phi) is 9.57. The molecule has 17 heavy (non-hydrogen) atoms. The maximum atomic E-state index is 8.20. The van der Waals surface area contributed by atoms with Gasteiger partial charge in [0.25, 0.3) is 0 Å². The van der Waals surface area contributed by atoms with Crippen LogP contribution in [0.3, 0.4) is 0 Å². The summed E-state index contributed by atoms with van der Waals surface area (Å²) in [4.78, 5) is 0. The van der Waals surface area contributed by atoms with Crippen LogP contribution in [0.1, 0.15) is 52.4 Å². The molecular weight excluding hydrogens is 232 g/mol. The molecule has 1 saturated carbocycles. The molecule has 1 fully saturated rings. The van der Waals surface area contributed by atoms with Gasteiger partial charge in [-0.2, -0.15) is 0 Å². The highest BCUT2D eigenvalue weighted by molar-refractivity contribution is 6.25. The minimum atomic E-state index is 0.355. The fourth-order valence-corrected chi connectivity index (χ4v) is 2.36. The number of unbranched alkanes of at least 4 members (excludes halogenated alkanes) is 2. The van der Waals surface area contributed by atoms with Crippen molar-refractivity contribution in [3.63, 3.8) is 0 Å². The summed E-state index contributed by atoms with van der Waals surface area (Å²) in [6.45, 7) is 7.97. The average molecular weight is 259 g/mol. The van der Waals surface area contributed by atoms with Crippen molar-refractivity contribution in [2.45, 2.75) is 52.4 Å². The van der Waals surface area contributed by atoms with Crippen molar-refractivity contribution in [3.8, 4) is 0 Å². The lowest BCUT2D eigenvalue weighted by Crippen LogP contribution is -2.02. The van der Waals surface area contributed by atoms with Crippen molar-refractivity contribution < 1.29 is 5.11 Å². The van der Waals surface area contributed by atoms with Gasteiger partial charge in [-0.05, 0) is 42.6 Å². The molecule has 0 radical (unpaired) electrons. The molecule has 0 spiro atoms. The van der Waals surface area contributed by atoms with E-state index in [1.54, 1.807) is 0 Å². The molecule has 1 nitrogen and oxygen atoms in total. The summed E-state index contributed by atoms with van der Waals surface area (Å²) in [6.07, 6.45) is 12.5. The zero-order valence-electron chi connectivity index (χ0n) is 11.3. The van der Waals surface area contributed by atoms with Crippen LogP contribution in [0.5, 0.6) is 0 Å². The van der Waals surface area contributed by atoms with Gasteiger partial charge in [-0.1, -0.05) is 57.0 Å². The fourth-order valence-electron chi connectivity index (χ4n) is 2.36. The summed E-state index contributed by atoms with van der Waals surface area (Å²) in [5, 5.41) is 8.20. The number of halogens is 1. The molecular formula is C15H27ClO. The van der Waals surface area contributed by atoms with Crippen LogP contribution in [-0.2, 0) is 0 Å². The normalized spacial score (nSPS) is 27.9. The summed E-state index contributed by atoms with van der Waals surface area (Å²) in [5.41, 5.74) is 1.85. The molecule has 2 aliphatic carbocycles. The molecule has 1 N–H and O–H groups in total. The topological polar surface area (TPSA) is 20.2 Å². The Morgan fingerprint density at radius 2 is 2.18 bits per heavy atom. The molecule has 2 atom stereocenters. The van der Waals surface area contributed by atoms with Crippen LogP contribution in [0.15, 0.2) is 24.3 Å². The third kappa shape index (κ3) is 7.62. The first-order valence-corrected chi connectivity index (χ1v) is 7.07. The van der Waals surface area contributed by atoms with Crippen LogP contribution >= 0.6 is 11.6 Å². The van der Waals surface area contributed by atoms with Gasteiger partial charge in [-0.3, -0.25) is 0 Å². The second kappa shape index (κ2) is 9.73. The molecule has 0 aliphatic heterocycles. The lowest BCUT2D eigenvalue weighted by Gasteiger charge is -2.14. The van der Waals surface area contributed by atoms with Gasteiger partial charge in [0.2, 0.25) is 0 Å². The Hall–Kier alpha value is -0.270. The Morgan fingerprint density at radius 1 is 1.53 bits per heavy atom. The van der Waals surface area contributed by atoms with Crippen LogP contribution in [0.25, 0.3) is 0 Å². The second-order valence-corrected chi connectivity index (χ2v) is 5.41. The number of fused-ring (bicyclic) bond motifs is 2. The van der Waals surface area contributed by atoms with E-state index in [-0.39, 0.29) is 0 Å². The molecule has 0 saturated heterocycles. The Balaban J connectivity index is 0.000000256. The van der Waals surface area contributed by atoms with E-state index < -0.39 is 0 Å². The number of aliphatic hydroxyl groups is 1. The second-order valence-electron chi connectivity index (χ2n) is 5.10. The van der Waals surface area contributed by atoms with Crippen molar-refractivity contribution in [3.05, 3.63) is 24.3 Å². The maximum absolute atomic E-state index is 8.20. The number of hydrogen-bond acceptors (Lipinski definition) is 1. The number of hydrogen-bond donors (Lipinski definition) is 1. The molecule has 2 rings (SSSR count). The van der Waals surface area contributed by atoms with Gasteiger partial charge in [-0.15, -0.1) is 0 Å². The lowest BCUT2D eigenvalue weighted by atomic mass is 9.91. The first-order valence-electron chi connectivity index (χ1n) is 6.63. The molecule has 0 aromatic heterocycles. The van der Waals surface area contributed by atoms with E-state index in [1.165, 1.54) is 31.2 Å². The van der Waals surface area contributed by atoms with Gasteiger partial charge < -0.3 is 5.11 Å². The Labute approximate surface area is 112 Å². The van der Waals surface area contributed by atoms with Crippen molar-refractivity contribution >= 4 is 11.6 Å². The van der Waals surface area contributed by atoms with E-state index in [0.717, 1.165) is 18.8 Å². The van der Waals surface area contributed by atoms with Crippen molar-refractivity contribution in [1.82, 2.24) is 0 Å². The fraction of sp³-hybridized carbons (Fsp3) is 0.733. The summed E-state index contributed by atoms with van der Waals surface area (Å²) >= 11 is 4.76. The predicted molar refractivity (Wildman–Crippen MR) is 77.2 cm³/mol. The molecule has 0 aromatic carbocycles. The van der Waals surface area contributed by atoms with Gasteiger partial charge >= 0.3 is 0 Å². The van der Waals surface area contributed by atoms with Crippen LogP contribution in [0, 0.1) is 11.3 Å². The number of aliphatic hydroxyl groups excluding tert-OH is 1. The van der Waals surface area contributed by atoms with Gasteiger partial charge in [0.15, 0.2) is 0 Å². The highest BCUT2D eigenvalue weighted by atomic mass is 35.5. The smallest absolute Gasteiger partial charge is 0.0431 e. The molecule has 0 aromatic rings. The van der Waals surface area contributed by atoms with Gasteiger partial charge in [0.1, 0.15) is 0 Å². The third-order valence-electron chi connectivity index (χ3n) is 3.35. The molecule has 2 bridgehead atoms. The van der Waals surface area contributed by atoms with Crippen molar-refractivity contribution in [2.75, 3.05) is 6.61 Å². The Morgan fingerprint density at radius 3 is 2.29 bits per heavy atom. The van der Waals surface area contributed by atoms with Crippen molar-refractivity contribution in [1.29, 1.82) is 0 Å². The van der Waals surface area contributed by atoms with Crippen molar-refractivity contribution in [2.24, 2.45) is 11.3 Å². The standard InChI is InChI=1S/C8H12.C5H12O.C2H3Cl/c1-8-4-2-7(6-8)3-5-8;1-2-3-4-5-6;1-2-3/h2,4,7H,3,5-6H2,1H3;6H,2-5H2,1H3;2H,1H2. The van der Waals surface area contributed by atoms with Crippen LogP contribution < -0.4 is 0 Å². The van der Waals surface area contributed by atoms with E-state index in [2.05, 4.69) is 32.6 Å². The quantitative estimate of drug-likeness (QED) is 0.564. The zero-order chi connectivity index (χ0) is 13.1. The maximum Gasteiger partial charge on any atom is 0.0431 e. The SMILES string of the molecule is C=CCl.CC12C=CC(CC1)C2.CCCCCO. The third-order valence-corrected chi connectivity index (χ3v) is 3.35. The van der Waals surface area contributed by atoms with Crippen LogP contribution in [0.2, 0.25) is 0 Å². The van der Waals surface area contributed by atoms with E-state index in [4.69, 9.17) is 16.7 Å². The number of allylic oxidation sites excluding steroid dienone is 2. The molecule has 100 valence electrons. The van der Waals surface area contributed by atoms with E-state index in [9.17, 15) is 0 Å². The molecule has 2 unspecified atom stereocenters. The largest absolute Gasteiger partial charge is 0.396 e. The monoisotopic (exact) mass is 258 g/mol. The zero-order valence-corrected chi connectivity index (χ0v) is 12.0. The first kappa shape index (κ1) is 16.7. The highest BCUT2D eigenvalue weighted by Crippen LogP contribution is 2.48. The average Bonchev–Trinajstić information content (AvgIpc) is 2.86. The highest BCUT2D eigenvalue weighted by Gasteiger charge is 2.36. The molecule has 2 heteroatoms. The van der Waals surface area contributed by atoms with Gasteiger partial charge in [-0.25, -0.2) is 0 Å².